The van der Waals surface area contributed by atoms with E-state index in [0.717, 1.165) is 6.42 Å². The van der Waals surface area contributed by atoms with Crippen LogP contribution in [0.3, 0.4) is 0 Å². The van der Waals surface area contributed by atoms with Crippen LogP contribution < -0.4 is 5.73 Å². The van der Waals surface area contributed by atoms with E-state index in [9.17, 15) is 8.42 Å². The van der Waals surface area contributed by atoms with Crippen molar-refractivity contribution in [2.24, 2.45) is 11.7 Å². The van der Waals surface area contributed by atoms with E-state index in [1.807, 2.05) is 19.1 Å². The number of hydrogen-bond donors (Lipinski definition) is 2. The third-order valence-electron chi connectivity index (χ3n) is 4.16. The molecule has 1 aromatic rings. The van der Waals surface area contributed by atoms with Gasteiger partial charge in [0.2, 0.25) is 0 Å². The van der Waals surface area contributed by atoms with Gasteiger partial charge in [0.25, 0.3) is 0 Å². The fourth-order valence-corrected chi connectivity index (χ4v) is 5.34. The van der Waals surface area contributed by atoms with Crippen LogP contribution in [-0.2, 0) is 9.84 Å². The van der Waals surface area contributed by atoms with Gasteiger partial charge in [-0.15, -0.1) is 0 Å². The van der Waals surface area contributed by atoms with Gasteiger partial charge in [-0.25, -0.2) is 8.42 Å². The molecule has 0 amide bonds. The molecule has 1 saturated carbocycles. The summed E-state index contributed by atoms with van der Waals surface area (Å²) in [6.07, 6.45) is 4.96. The minimum atomic E-state index is -3.32. The Morgan fingerprint density at radius 1 is 1.35 bits per heavy atom. The summed E-state index contributed by atoms with van der Waals surface area (Å²) in [7, 11) is -3.32. The lowest BCUT2D eigenvalue weighted by Crippen LogP contribution is -2.50. The Balaban J connectivity index is 2.17. The van der Waals surface area contributed by atoms with Crippen molar-refractivity contribution in [2.75, 3.05) is 12.4 Å². The predicted octanol–water partition coefficient (Wildman–Crippen LogP) is 0.698. The number of sulfone groups is 1. The minimum absolute atomic E-state index is 0.00605. The van der Waals surface area contributed by atoms with Gasteiger partial charge >= 0.3 is 0 Å². The summed E-state index contributed by atoms with van der Waals surface area (Å²) in [5.41, 5.74) is 7.30. The van der Waals surface area contributed by atoms with E-state index in [1.165, 1.54) is 5.56 Å². The Kier molecular flexibility index (Phi) is 4.78. The molecule has 4 atom stereocenters. The summed E-state index contributed by atoms with van der Waals surface area (Å²) in [5, 5.41) is 8.36. The zero-order valence-corrected chi connectivity index (χ0v) is 12.5. The van der Waals surface area contributed by atoms with Crippen LogP contribution in [0.15, 0.2) is 24.5 Å². The molecule has 1 heterocycles. The van der Waals surface area contributed by atoms with Gasteiger partial charge in [-0.3, -0.25) is 4.98 Å². The van der Waals surface area contributed by atoms with E-state index in [1.54, 1.807) is 12.4 Å². The number of aromatic nitrogens is 1. The molecular formula is C14H22N2O3S. The van der Waals surface area contributed by atoms with E-state index < -0.39 is 15.1 Å². The lowest BCUT2D eigenvalue weighted by molar-refractivity contribution is 0.299. The minimum Gasteiger partial charge on any atom is -0.395 e. The average molecular weight is 298 g/mol. The molecule has 6 heteroatoms. The number of nitrogens with zero attached hydrogens (tertiary/aromatic N) is 1. The molecule has 1 fully saturated rings. The van der Waals surface area contributed by atoms with Crippen LogP contribution in [0.4, 0.5) is 0 Å². The number of pyridine rings is 1. The Morgan fingerprint density at radius 2 is 2.00 bits per heavy atom. The molecule has 1 aliphatic carbocycles. The van der Waals surface area contributed by atoms with E-state index in [0.29, 0.717) is 6.42 Å². The van der Waals surface area contributed by atoms with Gasteiger partial charge in [0.15, 0.2) is 9.84 Å². The average Bonchev–Trinajstić information content (AvgIpc) is 2.38. The highest BCUT2D eigenvalue weighted by Crippen LogP contribution is 2.38. The van der Waals surface area contributed by atoms with Gasteiger partial charge in [-0.2, -0.15) is 0 Å². The van der Waals surface area contributed by atoms with Crippen LogP contribution in [0, 0.1) is 5.92 Å². The zero-order valence-electron chi connectivity index (χ0n) is 11.6. The van der Waals surface area contributed by atoms with E-state index in [4.69, 9.17) is 10.8 Å². The summed E-state index contributed by atoms with van der Waals surface area (Å²) >= 11 is 0. The Hall–Kier alpha value is -0.980. The molecule has 1 aromatic heterocycles. The molecule has 0 radical (unpaired) electrons. The summed E-state index contributed by atoms with van der Waals surface area (Å²) in [6.45, 7) is 1.60. The van der Waals surface area contributed by atoms with Crippen molar-refractivity contribution < 1.29 is 13.5 Å². The van der Waals surface area contributed by atoms with Crippen LogP contribution in [0.25, 0.3) is 0 Å². The molecule has 0 unspecified atom stereocenters. The van der Waals surface area contributed by atoms with Crippen LogP contribution >= 0.6 is 0 Å². The van der Waals surface area contributed by atoms with Crippen LogP contribution in [0.2, 0.25) is 0 Å². The second-order valence-electron chi connectivity index (χ2n) is 5.65. The van der Waals surface area contributed by atoms with Gasteiger partial charge in [-0.1, -0.05) is 6.92 Å². The van der Waals surface area contributed by atoms with E-state index in [2.05, 4.69) is 4.98 Å². The quantitative estimate of drug-likeness (QED) is 0.853. The molecule has 5 nitrogen and oxygen atoms in total. The van der Waals surface area contributed by atoms with Gasteiger partial charge in [0.1, 0.15) is 0 Å². The van der Waals surface area contributed by atoms with Crippen molar-refractivity contribution in [3.63, 3.8) is 0 Å². The smallest absolute Gasteiger partial charge is 0.157 e. The van der Waals surface area contributed by atoms with E-state index >= 15 is 0 Å². The first-order valence-corrected chi connectivity index (χ1v) is 8.65. The molecule has 0 spiro atoms. The van der Waals surface area contributed by atoms with Crippen LogP contribution in [0.5, 0.6) is 0 Å². The number of hydrogen-bond acceptors (Lipinski definition) is 5. The highest BCUT2D eigenvalue weighted by atomic mass is 32.2. The van der Waals surface area contributed by atoms with Crippen LogP contribution in [0.1, 0.15) is 31.2 Å². The fourth-order valence-electron chi connectivity index (χ4n) is 3.36. The van der Waals surface area contributed by atoms with Crippen molar-refractivity contribution in [1.82, 2.24) is 4.98 Å². The molecule has 3 N–H and O–H groups in total. The Morgan fingerprint density at radius 3 is 2.55 bits per heavy atom. The molecule has 0 bridgehead atoms. The molecule has 2 rings (SSSR count). The zero-order chi connectivity index (χ0) is 14.8. The highest BCUT2D eigenvalue weighted by molar-refractivity contribution is 7.92. The predicted molar refractivity (Wildman–Crippen MR) is 78.0 cm³/mol. The SMILES string of the molecule is C[C@H]1C[C@@H](c2ccncc2)C[C@@H](N)[C@H]1S(=O)(=O)CCO. The van der Waals surface area contributed by atoms with Crippen molar-refractivity contribution in [3.8, 4) is 0 Å². The molecule has 1 aliphatic rings. The van der Waals surface area contributed by atoms with Gasteiger partial charge < -0.3 is 10.8 Å². The first-order chi connectivity index (χ1) is 9.45. The van der Waals surface area contributed by atoms with Crippen molar-refractivity contribution in [1.29, 1.82) is 0 Å². The van der Waals surface area contributed by atoms with Crippen molar-refractivity contribution >= 4 is 9.84 Å². The van der Waals surface area contributed by atoms with E-state index in [-0.39, 0.29) is 30.2 Å². The van der Waals surface area contributed by atoms with Gasteiger partial charge in [0, 0.05) is 18.4 Å². The molecule has 20 heavy (non-hydrogen) atoms. The molecule has 112 valence electrons. The summed E-state index contributed by atoms with van der Waals surface area (Å²) in [6, 6.07) is 3.55. The molecule has 0 aliphatic heterocycles. The Labute approximate surface area is 120 Å². The van der Waals surface area contributed by atoms with Gasteiger partial charge in [-0.05, 0) is 42.4 Å². The maximum atomic E-state index is 12.2. The number of rotatable bonds is 4. The fraction of sp³-hybridized carbons (Fsp3) is 0.643. The molecular weight excluding hydrogens is 276 g/mol. The monoisotopic (exact) mass is 298 g/mol. The van der Waals surface area contributed by atoms with Crippen molar-refractivity contribution in [3.05, 3.63) is 30.1 Å². The number of aliphatic hydroxyl groups excluding tert-OH is 1. The van der Waals surface area contributed by atoms with Crippen molar-refractivity contribution in [2.45, 2.75) is 37.0 Å². The second kappa shape index (κ2) is 6.20. The summed E-state index contributed by atoms with van der Waals surface area (Å²) in [4.78, 5) is 4.00. The first-order valence-electron chi connectivity index (χ1n) is 6.93. The lowest BCUT2D eigenvalue weighted by atomic mass is 9.76. The standard InChI is InChI=1S/C14H22N2O3S/c1-10-8-12(11-2-4-16-5-3-11)9-13(15)14(10)20(18,19)7-6-17/h2-5,10,12-14,17H,6-9,15H2,1H3/t10-,12+,13+,14-/m0/s1. The third kappa shape index (κ3) is 3.19. The third-order valence-corrected chi connectivity index (χ3v) is 6.56. The summed E-state index contributed by atoms with van der Waals surface area (Å²) in [5.74, 6) is 0.0763. The second-order valence-corrected chi connectivity index (χ2v) is 7.92. The topological polar surface area (TPSA) is 93.3 Å². The number of nitrogens with two attached hydrogens (primary N) is 1. The highest BCUT2D eigenvalue weighted by Gasteiger charge is 2.41. The normalized spacial score (nSPS) is 31.1. The maximum Gasteiger partial charge on any atom is 0.157 e. The van der Waals surface area contributed by atoms with Gasteiger partial charge in [0.05, 0.1) is 17.6 Å². The Bertz CT molecular complexity index is 521. The molecule has 0 aromatic carbocycles. The maximum absolute atomic E-state index is 12.2. The number of aliphatic hydroxyl groups is 1. The van der Waals surface area contributed by atoms with Crippen LogP contribution in [-0.4, -0.2) is 42.2 Å². The summed E-state index contributed by atoms with van der Waals surface area (Å²) < 4.78 is 24.4. The lowest BCUT2D eigenvalue weighted by Gasteiger charge is -2.38. The first kappa shape index (κ1) is 15.4. The largest absolute Gasteiger partial charge is 0.395 e. The molecule has 0 saturated heterocycles.